The summed E-state index contributed by atoms with van der Waals surface area (Å²) in [5.41, 5.74) is 0.593. The smallest absolute Gasteiger partial charge is 0.295 e. The molecule has 2 aromatic rings. The summed E-state index contributed by atoms with van der Waals surface area (Å²) in [5.74, 6) is -0.162. The maximum absolute atomic E-state index is 11.4. The highest BCUT2D eigenvalue weighted by Gasteiger charge is 2.16. The standard InChI is InChI=1S/C13H13NO4S/c1-9(15)14(2)12-7-3-6-11-10(12)5-4-8-13(11)19(16,17)18/h3-8H,1-2H3,(H,16,17,18). The third kappa shape index (κ3) is 2.45. The van der Waals surface area contributed by atoms with E-state index in [0.717, 1.165) is 0 Å². The van der Waals surface area contributed by atoms with E-state index >= 15 is 0 Å². The lowest BCUT2D eigenvalue weighted by atomic mass is 10.1. The zero-order chi connectivity index (χ0) is 14.2. The van der Waals surface area contributed by atoms with Gasteiger partial charge in [-0.1, -0.05) is 24.3 Å². The molecule has 0 heterocycles. The van der Waals surface area contributed by atoms with Gasteiger partial charge in [-0.25, -0.2) is 0 Å². The molecule has 0 fully saturated rings. The quantitative estimate of drug-likeness (QED) is 0.854. The van der Waals surface area contributed by atoms with Gasteiger partial charge in [0, 0.05) is 24.7 Å². The van der Waals surface area contributed by atoms with Crippen molar-refractivity contribution in [3.8, 4) is 0 Å². The van der Waals surface area contributed by atoms with Crippen molar-refractivity contribution >= 4 is 32.5 Å². The molecule has 2 aromatic carbocycles. The maximum Gasteiger partial charge on any atom is 0.295 e. The first-order valence-electron chi connectivity index (χ1n) is 5.56. The average Bonchev–Trinajstić information content (AvgIpc) is 2.35. The van der Waals surface area contributed by atoms with Gasteiger partial charge in [0.05, 0.1) is 5.69 Å². The maximum atomic E-state index is 11.4. The van der Waals surface area contributed by atoms with Gasteiger partial charge in [-0.3, -0.25) is 9.35 Å². The number of hydrogen-bond acceptors (Lipinski definition) is 3. The number of rotatable bonds is 2. The molecule has 6 heteroatoms. The van der Waals surface area contributed by atoms with Gasteiger partial charge >= 0.3 is 0 Å². The number of hydrogen-bond donors (Lipinski definition) is 1. The number of amides is 1. The molecule has 1 N–H and O–H groups in total. The highest BCUT2D eigenvalue weighted by atomic mass is 32.2. The summed E-state index contributed by atoms with van der Waals surface area (Å²) in [7, 11) is -2.69. The summed E-state index contributed by atoms with van der Waals surface area (Å²) < 4.78 is 31.9. The Labute approximate surface area is 111 Å². The second-order valence-corrected chi connectivity index (χ2v) is 5.57. The molecule has 5 nitrogen and oxygen atoms in total. The van der Waals surface area contributed by atoms with E-state index in [2.05, 4.69) is 0 Å². The van der Waals surface area contributed by atoms with Crippen LogP contribution in [0.5, 0.6) is 0 Å². The first kappa shape index (κ1) is 13.5. The summed E-state index contributed by atoms with van der Waals surface area (Å²) in [6.45, 7) is 1.42. The summed E-state index contributed by atoms with van der Waals surface area (Å²) in [4.78, 5) is 12.7. The number of nitrogens with zero attached hydrogens (tertiary/aromatic N) is 1. The van der Waals surface area contributed by atoms with Gasteiger partial charge in [0.25, 0.3) is 10.1 Å². The van der Waals surface area contributed by atoms with Crippen molar-refractivity contribution < 1.29 is 17.8 Å². The molecule has 0 bridgehead atoms. The molecular formula is C13H13NO4S. The fourth-order valence-electron chi connectivity index (χ4n) is 1.95. The monoisotopic (exact) mass is 279 g/mol. The van der Waals surface area contributed by atoms with E-state index in [1.807, 2.05) is 0 Å². The second-order valence-electron chi connectivity index (χ2n) is 4.18. The van der Waals surface area contributed by atoms with Crippen LogP contribution in [0.1, 0.15) is 6.92 Å². The molecule has 1 amide bonds. The van der Waals surface area contributed by atoms with Gasteiger partial charge in [-0.05, 0) is 12.1 Å². The molecule has 0 saturated heterocycles. The van der Waals surface area contributed by atoms with E-state index in [0.29, 0.717) is 16.5 Å². The third-order valence-corrected chi connectivity index (χ3v) is 3.88. The van der Waals surface area contributed by atoms with E-state index in [9.17, 15) is 17.8 Å². The number of fused-ring (bicyclic) bond motifs is 1. The van der Waals surface area contributed by atoms with Gasteiger partial charge in [-0.2, -0.15) is 8.42 Å². The predicted octanol–water partition coefficient (Wildman–Crippen LogP) is 2.07. The van der Waals surface area contributed by atoms with Gasteiger partial charge in [-0.15, -0.1) is 0 Å². The number of anilines is 1. The van der Waals surface area contributed by atoms with E-state index in [1.54, 1.807) is 31.3 Å². The number of carbonyl (C=O) groups excluding carboxylic acids is 1. The van der Waals surface area contributed by atoms with E-state index in [1.165, 1.54) is 24.0 Å². The van der Waals surface area contributed by atoms with Gasteiger partial charge < -0.3 is 4.90 Å². The lowest BCUT2D eigenvalue weighted by Gasteiger charge is -2.18. The van der Waals surface area contributed by atoms with Crippen molar-refractivity contribution in [1.82, 2.24) is 0 Å². The fourth-order valence-corrected chi connectivity index (χ4v) is 2.66. The van der Waals surface area contributed by atoms with Crippen molar-refractivity contribution in [3.05, 3.63) is 36.4 Å². The van der Waals surface area contributed by atoms with Crippen molar-refractivity contribution in [1.29, 1.82) is 0 Å². The van der Waals surface area contributed by atoms with Crippen LogP contribution < -0.4 is 4.90 Å². The zero-order valence-electron chi connectivity index (χ0n) is 10.5. The molecule has 100 valence electrons. The Kier molecular flexibility index (Phi) is 3.30. The van der Waals surface area contributed by atoms with Crippen molar-refractivity contribution in [2.24, 2.45) is 0 Å². The highest BCUT2D eigenvalue weighted by Crippen LogP contribution is 2.30. The van der Waals surface area contributed by atoms with Crippen LogP contribution in [0, 0.1) is 0 Å². The fraction of sp³-hybridized carbons (Fsp3) is 0.154. The van der Waals surface area contributed by atoms with Crippen LogP contribution in [0.4, 0.5) is 5.69 Å². The molecule has 0 aliphatic carbocycles. The molecule has 2 rings (SSSR count). The summed E-state index contributed by atoms with van der Waals surface area (Å²) in [5, 5.41) is 0.978. The van der Waals surface area contributed by atoms with E-state index < -0.39 is 10.1 Å². The van der Waals surface area contributed by atoms with E-state index in [4.69, 9.17) is 0 Å². The molecule has 0 aliphatic heterocycles. The number of carbonyl (C=O) groups is 1. The lowest BCUT2D eigenvalue weighted by molar-refractivity contribution is -0.116. The average molecular weight is 279 g/mol. The van der Waals surface area contributed by atoms with Crippen LogP contribution in [0.3, 0.4) is 0 Å². The van der Waals surface area contributed by atoms with Gasteiger partial charge in [0.1, 0.15) is 4.90 Å². The van der Waals surface area contributed by atoms with Crippen molar-refractivity contribution in [2.45, 2.75) is 11.8 Å². The Morgan fingerprint density at radius 1 is 1.11 bits per heavy atom. The second kappa shape index (κ2) is 4.64. The molecule has 0 aromatic heterocycles. The summed E-state index contributed by atoms with van der Waals surface area (Å²) >= 11 is 0. The van der Waals surface area contributed by atoms with Crippen LogP contribution in [0.15, 0.2) is 41.3 Å². The minimum Gasteiger partial charge on any atom is -0.315 e. The Hall–Kier alpha value is -1.92. The minimum absolute atomic E-state index is 0.162. The topological polar surface area (TPSA) is 74.7 Å². The van der Waals surface area contributed by atoms with Crippen LogP contribution in [0.2, 0.25) is 0 Å². The molecule has 19 heavy (non-hydrogen) atoms. The Bertz CT molecular complexity index is 752. The Balaban J connectivity index is 2.82. The Morgan fingerprint density at radius 2 is 1.68 bits per heavy atom. The minimum atomic E-state index is -4.30. The molecular weight excluding hydrogens is 266 g/mol. The van der Waals surface area contributed by atoms with Crippen LogP contribution in [0.25, 0.3) is 10.8 Å². The molecule has 0 radical (unpaired) electrons. The summed E-state index contributed by atoms with van der Waals surface area (Å²) in [6, 6.07) is 9.52. The van der Waals surface area contributed by atoms with Gasteiger partial charge in [0.15, 0.2) is 0 Å². The van der Waals surface area contributed by atoms with Crippen LogP contribution in [-0.4, -0.2) is 25.9 Å². The van der Waals surface area contributed by atoms with E-state index in [-0.39, 0.29) is 10.8 Å². The zero-order valence-corrected chi connectivity index (χ0v) is 11.3. The van der Waals surface area contributed by atoms with Crippen molar-refractivity contribution in [2.75, 3.05) is 11.9 Å². The molecule has 0 spiro atoms. The third-order valence-electron chi connectivity index (χ3n) is 2.97. The normalized spacial score (nSPS) is 11.5. The molecule has 0 atom stereocenters. The predicted molar refractivity (Wildman–Crippen MR) is 72.8 cm³/mol. The number of benzene rings is 2. The first-order chi connectivity index (χ1) is 8.82. The van der Waals surface area contributed by atoms with Gasteiger partial charge in [0.2, 0.25) is 5.91 Å². The van der Waals surface area contributed by atoms with Crippen molar-refractivity contribution in [3.63, 3.8) is 0 Å². The van der Waals surface area contributed by atoms with Crippen LogP contribution in [-0.2, 0) is 14.9 Å². The largest absolute Gasteiger partial charge is 0.315 e. The Morgan fingerprint density at radius 3 is 2.26 bits per heavy atom. The lowest BCUT2D eigenvalue weighted by Crippen LogP contribution is -2.23. The first-order valence-corrected chi connectivity index (χ1v) is 7.00. The van der Waals surface area contributed by atoms with Crippen LogP contribution >= 0.6 is 0 Å². The molecule has 0 aliphatic rings. The molecule has 0 unspecified atom stereocenters. The molecule has 0 saturated carbocycles. The summed E-state index contributed by atoms with van der Waals surface area (Å²) in [6.07, 6.45) is 0. The highest BCUT2D eigenvalue weighted by molar-refractivity contribution is 7.86. The SMILES string of the molecule is CC(=O)N(C)c1cccc2c(S(=O)(=O)O)cccc12.